The molecule has 1 aliphatic carbocycles. The van der Waals surface area contributed by atoms with Crippen LogP contribution in [-0.2, 0) is 33.2 Å². The zero-order valence-electron chi connectivity index (χ0n) is 37.2. The van der Waals surface area contributed by atoms with Gasteiger partial charge in [-0.3, -0.25) is 4.79 Å². The van der Waals surface area contributed by atoms with Crippen molar-refractivity contribution in [2.75, 3.05) is 21.2 Å². The van der Waals surface area contributed by atoms with E-state index >= 15 is 0 Å². The van der Waals surface area contributed by atoms with E-state index in [0.717, 1.165) is 25.7 Å². The van der Waals surface area contributed by atoms with Crippen molar-refractivity contribution in [1.29, 1.82) is 0 Å². The number of hydrogen-bond acceptors (Lipinski definition) is 14. The molecule has 19 atom stereocenters. The molecule has 0 amide bonds. The van der Waals surface area contributed by atoms with Crippen molar-refractivity contribution in [2.45, 2.75) is 223 Å². The first-order chi connectivity index (χ1) is 26.5. The van der Waals surface area contributed by atoms with Gasteiger partial charge in [-0.2, -0.15) is 0 Å². The quantitative estimate of drug-likeness (QED) is 0.186. The van der Waals surface area contributed by atoms with Gasteiger partial charge in [0.25, 0.3) is 0 Å². The van der Waals surface area contributed by atoms with E-state index in [4.69, 9.17) is 28.4 Å². The molecule has 4 aliphatic rings. The summed E-state index contributed by atoms with van der Waals surface area (Å²) in [6, 6.07) is -0.439. The minimum atomic E-state index is -1.82. The third-order valence-electron chi connectivity index (χ3n) is 14.1. The van der Waals surface area contributed by atoms with Gasteiger partial charge in [0, 0.05) is 43.5 Å². The third kappa shape index (κ3) is 11.1. The molecule has 4 rings (SSSR count). The molecule has 334 valence electrons. The number of methoxy groups -OCH3 is 1. The summed E-state index contributed by atoms with van der Waals surface area (Å²) in [5, 5.41) is 63.6. The average molecular weight is 817 g/mol. The molecule has 0 aromatic carbocycles. The fourth-order valence-electron chi connectivity index (χ4n) is 10.5. The molecule has 14 heteroatoms. The van der Waals surface area contributed by atoms with Gasteiger partial charge in [0.05, 0.1) is 47.6 Å². The van der Waals surface area contributed by atoms with Gasteiger partial charge in [0.15, 0.2) is 12.6 Å². The van der Waals surface area contributed by atoms with Crippen LogP contribution in [0.1, 0.15) is 127 Å². The van der Waals surface area contributed by atoms with Crippen LogP contribution in [0.25, 0.3) is 0 Å². The lowest BCUT2D eigenvalue weighted by Gasteiger charge is -2.50. The van der Waals surface area contributed by atoms with Crippen molar-refractivity contribution >= 4 is 5.97 Å². The van der Waals surface area contributed by atoms with Crippen LogP contribution in [0.2, 0.25) is 0 Å². The summed E-state index contributed by atoms with van der Waals surface area (Å²) in [5.74, 6) is -3.22. The van der Waals surface area contributed by atoms with Gasteiger partial charge in [-0.05, 0) is 93.7 Å². The standard InChI is InChI=1S/C43H80N2O12/c1-14-31-43(10,51)36(47)25(4)33(44-29-18-16-15-17-19-29)23(2)21-41(8,50)38(57-40-34(46)30(45(11)12)20-24(3)53-40)26(5)35(27(6)39(49)55-31)56-32-22-42(9,52-13)37(48)28(7)54-32/h23-38,40,44,46-48,50-51H,14-22H2,1-13H3/t23-,24-,25+,26+,27-,28+,30+,31?,32+,33+,34-,35?,36-,37+,38-,40+,41-,42-,43-/m1/s1. The number of ether oxygens (including phenoxy) is 6. The number of carbonyl (C=O) groups excluding carboxylic acids is 1. The summed E-state index contributed by atoms with van der Waals surface area (Å²) >= 11 is 0. The van der Waals surface area contributed by atoms with Crippen molar-refractivity contribution in [3.8, 4) is 0 Å². The van der Waals surface area contributed by atoms with E-state index in [1.165, 1.54) is 20.5 Å². The first kappa shape index (κ1) is 48.7. The Balaban J connectivity index is 1.85. The topological polar surface area (TPSA) is 189 Å². The second-order valence-corrected chi connectivity index (χ2v) is 19.2. The van der Waals surface area contributed by atoms with E-state index in [2.05, 4.69) is 5.32 Å². The normalized spacial score (nSPS) is 49.0. The van der Waals surface area contributed by atoms with E-state index in [1.807, 2.05) is 46.7 Å². The number of nitrogens with zero attached hydrogens (tertiary/aromatic N) is 1. The van der Waals surface area contributed by atoms with Crippen molar-refractivity contribution in [1.82, 2.24) is 10.2 Å². The molecule has 3 saturated heterocycles. The van der Waals surface area contributed by atoms with Crippen LogP contribution in [0, 0.1) is 23.7 Å². The lowest BCUT2D eigenvalue weighted by molar-refractivity contribution is -0.318. The highest BCUT2D eigenvalue weighted by Crippen LogP contribution is 2.41. The lowest BCUT2D eigenvalue weighted by Crippen LogP contribution is -2.62. The lowest BCUT2D eigenvalue weighted by atomic mass is 9.72. The highest BCUT2D eigenvalue weighted by Gasteiger charge is 2.54. The van der Waals surface area contributed by atoms with E-state index in [1.54, 1.807) is 34.6 Å². The van der Waals surface area contributed by atoms with Crippen molar-refractivity contribution < 1.29 is 58.7 Å². The Morgan fingerprint density at radius 3 is 2.09 bits per heavy atom. The number of cyclic esters (lactones) is 1. The van der Waals surface area contributed by atoms with Crippen LogP contribution < -0.4 is 5.32 Å². The Hall–Kier alpha value is -1.01. The van der Waals surface area contributed by atoms with Crippen molar-refractivity contribution in [3.05, 3.63) is 0 Å². The molecule has 0 spiro atoms. The fourth-order valence-corrected chi connectivity index (χ4v) is 10.5. The molecule has 0 aromatic rings. The van der Waals surface area contributed by atoms with E-state index in [-0.39, 0.29) is 49.4 Å². The molecule has 0 aromatic heterocycles. The maximum absolute atomic E-state index is 14.4. The first-order valence-corrected chi connectivity index (χ1v) is 21.8. The van der Waals surface area contributed by atoms with E-state index in [0.29, 0.717) is 6.42 Å². The van der Waals surface area contributed by atoms with Gasteiger partial charge < -0.3 is 64.2 Å². The van der Waals surface area contributed by atoms with E-state index in [9.17, 15) is 30.3 Å². The van der Waals surface area contributed by atoms with Gasteiger partial charge in [0.1, 0.15) is 23.9 Å². The monoisotopic (exact) mass is 817 g/mol. The average Bonchev–Trinajstić information content (AvgIpc) is 3.15. The zero-order valence-corrected chi connectivity index (χ0v) is 37.2. The second kappa shape index (κ2) is 19.8. The van der Waals surface area contributed by atoms with Crippen LogP contribution in [0.15, 0.2) is 0 Å². The maximum Gasteiger partial charge on any atom is 0.311 e. The van der Waals surface area contributed by atoms with Crippen molar-refractivity contribution in [2.24, 2.45) is 23.7 Å². The number of nitrogens with one attached hydrogen (secondary N) is 1. The van der Waals surface area contributed by atoms with Gasteiger partial charge in [-0.25, -0.2) is 0 Å². The number of aliphatic hydroxyl groups is 5. The van der Waals surface area contributed by atoms with Crippen molar-refractivity contribution in [3.63, 3.8) is 0 Å². The summed E-state index contributed by atoms with van der Waals surface area (Å²) in [7, 11) is 5.31. The summed E-state index contributed by atoms with van der Waals surface area (Å²) in [6.07, 6.45) is -2.99. The van der Waals surface area contributed by atoms with Gasteiger partial charge >= 0.3 is 5.97 Å². The summed E-state index contributed by atoms with van der Waals surface area (Å²) in [5.41, 5.74) is -4.46. The number of hydrogen-bond donors (Lipinski definition) is 6. The molecular formula is C43H80N2O12. The Morgan fingerprint density at radius 1 is 0.877 bits per heavy atom. The minimum absolute atomic E-state index is 0.135. The number of esters is 1. The molecule has 1 saturated carbocycles. The molecule has 0 bridgehead atoms. The Bertz CT molecular complexity index is 1270. The summed E-state index contributed by atoms with van der Waals surface area (Å²) in [6.45, 7) is 17.9. The number of likely N-dealkylation sites (N-methyl/N-ethyl adjacent to an activating group) is 1. The van der Waals surface area contributed by atoms with Crippen LogP contribution in [0.5, 0.6) is 0 Å². The molecule has 57 heavy (non-hydrogen) atoms. The zero-order chi connectivity index (χ0) is 42.8. The fraction of sp³-hybridized carbons (Fsp3) is 0.977. The van der Waals surface area contributed by atoms with Gasteiger partial charge in [-0.15, -0.1) is 0 Å². The van der Waals surface area contributed by atoms with Crippen LogP contribution in [-0.4, -0.2) is 154 Å². The second-order valence-electron chi connectivity index (χ2n) is 19.2. The highest BCUT2D eigenvalue weighted by molar-refractivity contribution is 5.73. The Labute approximate surface area is 342 Å². The molecule has 0 radical (unpaired) electrons. The largest absolute Gasteiger partial charge is 0.459 e. The molecule has 3 heterocycles. The predicted octanol–water partition coefficient (Wildman–Crippen LogP) is 3.51. The van der Waals surface area contributed by atoms with Gasteiger partial charge in [-0.1, -0.05) is 47.0 Å². The molecule has 4 fully saturated rings. The number of rotatable bonds is 9. The first-order valence-electron chi connectivity index (χ1n) is 21.8. The van der Waals surface area contributed by atoms with E-state index < -0.39 is 95.8 Å². The maximum atomic E-state index is 14.4. The predicted molar refractivity (Wildman–Crippen MR) is 215 cm³/mol. The van der Waals surface area contributed by atoms with Crippen LogP contribution in [0.3, 0.4) is 0 Å². The Kier molecular flexibility index (Phi) is 16.9. The highest BCUT2D eigenvalue weighted by atomic mass is 16.7. The number of carbonyl (C=O) groups is 1. The van der Waals surface area contributed by atoms with Crippen LogP contribution in [0.4, 0.5) is 0 Å². The minimum Gasteiger partial charge on any atom is -0.459 e. The number of aliphatic hydroxyl groups excluding tert-OH is 3. The molecule has 14 nitrogen and oxygen atoms in total. The smallest absolute Gasteiger partial charge is 0.311 e. The SMILES string of the molecule is CCC1OC(=O)[C@H](C)C(O[C@H]2C[C@@](C)(OC)[C@@H](O)[C@H](C)O2)[C@H](C)[C@@H](O[C@@H]2O[C@H](C)C[C@H](N(C)C)[C@H]2O)[C@](C)(O)C[C@@H](C)[C@H](NC2CCCCC2)[C@H](C)[C@@H](O)[C@]1(C)O. The Morgan fingerprint density at radius 2 is 1.51 bits per heavy atom. The summed E-state index contributed by atoms with van der Waals surface area (Å²) < 4.78 is 38.0. The molecule has 6 N–H and O–H groups in total. The summed E-state index contributed by atoms with van der Waals surface area (Å²) in [4.78, 5) is 16.3. The van der Waals surface area contributed by atoms with Gasteiger partial charge in [0.2, 0.25) is 0 Å². The third-order valence-corrected chi connectivity index (χ3v) is 14.1. The van der Waals surface area contributed by atoms with Crippen LogP contribution >= 0.6 is 0 Å². The molecule has 3 aliphatic heterocycles. The molecule has 2 unspecified atom stereocenters. The molecular weight excluding hydrogens is 736 g/mol.